The molecule has 44 heavy (non-hydrogen) atoms. The molecular formula is C32H46N2O10. The fourth-order valence-corrected chi connectivity index (χ4v) is 8.76. The first-order valence-electron chi connectivity index (χ1n) is 15.7. The number of rotatable bonds is 11. The van der Waals surface area contributed by atoms with Gasteiger partial charge in [0.15, 0.2) is 12.4 Å². The van der Waals surface area contributed by atoms with Crippen LogP contribution in [0.2, 0.25) is 0 Å². The van der Waals surface area contributed by atoms with Crippen molar-refractivity contribution in [1.29, 1.82) is 0 Å². The van der Waals surface area contributed by atoms with Crippen LogP contribution in [-0.2, 0) is 33.5 Å². The number of esters is 1. The third-order valence-electron chi connectivity index (χ3n) is 11.1. The average Bonchev–Trinajstić information content (AvgIpc) is 3.22. The molecule has 2 amide bonds. The molecule has 0 aromatic rings. The van der Waals surface area contributed by atoms with Crippen LogP contribution in [0.4, 0.5) is 0 Å². The van der Waals surface area contributed by atoms with Crippen molar-refractivity contribution in [2.24, 2.45) is 34.5 Å². The number of ether oxygens (including phenoxy) is 1. The zero-order valence-corrected chi connectivity index (χ0v) is 26.0. The quantitative estimate of drug-likeness (QED) is 0.211. The molecule has 0 aromatic carbocycles. The minimum Gasteiger partial charge on any atom is -0.480 e. The highest BCUT2D eigenvalue weighted by atomic mass is 16.5. The predicted octanol–water partition coefficient (Wildman–Crippen LogP) is 1.45. The molecule has 0 spiro atoms. The molecule has 0 aromatic heterocycles. The highest BCUT2D eigenvalue weighted by Crippen LogP contribution is 2.67. The minimum absolute atomic E-state index is 0.0122. The predicted molar refractivity (Wildman–Crippen MR) is 156 cm³/mol. The molecular weight excluding hydrogens is 572 g/mol. The number of nitrogens with one attached hydrogen (secondary N) is 2. The molecule has 0 bridgehead atoms. The molecule has 244 valence electrons. The Morgan fingerprint density at radius 2 is 1.77 bits per heavy atom. The first kappa shape index (κ1) is 33.8. The Labute approximate surface area is 257 Å². The van der Waals surface area contributed by atoms with E-state index < -0.39 is 65.8 Å². The Morgan fingerprint density at radius 3 is 2.43 bits per heavy atom. The summed E-state index contributed by atoms with van der Waals surface area (Å²) in [7, 11) is 0. The second-order valence-corrected chi connectivity index (χ2v) is 14.0. The summed E-state index contributed by atoms with van der Waals surface area (Å²) in [6.45, 7) is 6.08. The van der Waals surface area contributed by atoms with E-state index in [0.29, 0.717) is 19.3 Å². The molecule has 4 rings (SSSR count). The summed E-state index contributed by atoms with van der Waals surface area (Å²) in [5.41, 5.74) is -1.88. The fourth-order valence-electron chi connectivity index (χ4n) is 8.76. The number of hydrogen-bond acceptors (Lipinski definition) is 9. The largest absolute Gasteiger partial charge is 0.480 e. The number of aliphatic carboxylic acids is 1. The van der Waals surface area contributed by atoms with Crippen LogP contribution in [0.25, 0.3) is 0 Å². The van der Waals surface area contributed by atoms with Crippen LogP contribution in [-0.4, -0.2) is 81.5 Å². The number of carboxylic acids is 1. The van der Waals surface area contributed by atoms with Gasteiger partial charge in [0.05, 0.1) is 12.5 Å². The average molecular weight is 619 g/mol. The van der Waals surface area contributed by atoms with E-state index in [1.165, 1.54) is 0 Å². The van der Waals surface area contributed by atoms with Crippen LogP contribution in [0.3, 0.4) is 0 Å². The fraction of sp³-hybridized carbons (Fsp3) is 0.750. The van der Waals surface area contributed by atoms with Gasteiger partial charge in [0.2, 0.25) is 17.6 Å². The molecule has 12 nitrogen and oxygen atoms in total. The molecule has 0 unspecified atom stereocenters. The third-order valence-corrected chi connectivity index (χ3v) is 11.1. The van der Waals surface area contributed by atoms with Gasteiger partial charge in [-0.15, -0.1) is 0 Å². The zero-order valence-electron chi connectivity index (χ0n) is 26.0. The van der Waals surface area contributed by atoms with Crippen molar-refractivity contribution < 1.29 is 48.8 Å². The highest BCUT2D eigenvalue weighted by molar-refractivity contribution is 5.93. The van der Waals surface area contributed by atoms with Crippen LogP contribution in [0.1, 0.15) is 85.5 Å². The Hall–Kier alpha value is -3.12. The zero-order chi connectivity index (χ0) is 32.6. The molecule has 3 fully saturated rings. The molecule has 3 saturated carbocycles. The molecule has 5 N–H and O–H groups in total. The number of hydrogen-bond donors (Lipinski definition) is 5. The van der Waals surface area contributed by atoms with Gasteiger partial charge < -0.3 is 30.7 Å². The Morgan fingerprint density at radius 1 is 1.07 bits per heavy atom. The lowest BCUT2D eigenvalue weighted by Gasteiger charge is -2.60. The van der Waals surface area contributed by atoms with Crippen molar-refractivity contribution in [1.82, 2.24) is 10.6 Å². The van der Waals surface area contributed by atoms with E-state index in [2.05, 4.69) is 17.6 Å². The molecule has 4 aliphatic rings. The SMILES string of the molecule is CC(C)[C@@H](NC(=O)CCC(=O)OCC(=O)[C@@]1(O)CC[C@H]2[C@@H]3CCC4=CC(=O)CC[C@]4(C)[C@H]3[C@H](O)C[C@@]21C)C(=O)NCC(=O)O. The molecule has 0 aliphatic heterocycles. The first-order valence-corrected chi connectivity index (χ1v) is 15.7. The number of ketones is 2. The normalized spacial score (nSPS) is 35.0. The van der Waals surface area contributed by atoms with Gasteiger partial charge >= 0.3 is 11.9 Å². The van der Waals surface area contributed by atoms with Crippen LogP contribution in [0.15, 0.2) is 11.6 Å². The summed E-state index contributed by atoms with van der Waals surface area (Å²) in [4.78, 5) is 73.4. The lowest BCUT2D eigenvalue weighted by Crippen LogP contribution is -2.62. The monoisotopic (exact) mass is 618 g/mol. The molecule has 8 atom stereocenters. The van der Waals surface area contributed by atoms with Gasteiger partial charge in [-0.25, -0.2) is 0 Å². The van der Waals surface area contributed by atoms with Crippen molar-refractivity contribution >= 4 is 35.3 Å². The number of Topliss-reactive ketones (excluding diaryl/α,β-unsaturated/α-hetero) is 1. The standard InChI is InChI=1S/C32H46N2O10/c1-17(2)28(29(42)33-15-25(39)40)34-24(38)7-8-26(41)44-16-23(37)32(43)12-10-21-20-6-5-18-13-19(35)9-11-30(18,3)27(20)22(36)14-31(21,32)4/h13,17,20-22,27-28,36,43H,5-12,14-16H2,1-4H3,(H,33,42)(H,34,38)(H,39,40)/t20-,21-,22+,27+,28+,30-,31-,32-/m0/s1. The van der Waals surface area contributed by atoms with E-state index in [1.807, 2.05) is 6.92 Å². The van der Waals surface area contributed by atoms with E-state index in [9.17, 15) is 39.0 Å². The number of carbonyl (C=O) groups is 6. The van der Waals surface area contributed by atoms with Crippen LogP contribution >= 0.6 is 0 Å². The summed E-state index contributed by atoms with van der Waals surface area (Å²) in [5.74, 6) is -4.15. The Kier molecular flexibility index (Phi) is 9.75. The van der Waals surface area contributed by atoms with Gasteiger partial charge in [0, 0.05) is 18.3 Å². The maximum Gasteiger partial charge on any atom is 0.322 e. The summed E-state index contributed by atoms with van der Waals surface area (Å²) < 4.78 is 5.18. The number of carboxylic acid groups (broad SMARTS) is 1. The minimum atomic E-state index is -1.78. The molecule has 0 heterocycles. The van der Waals surface area contributed by atoms with Gasteiger partial charge in [-0.2, -0.15) is 0 Å². The molecule has 0 saturated heterocycles. The Bertz CT molecular complexity index is 1250. The summed E-state index contributed by atoms with van der Waals surface area (Å²) >= 11 is 0. The van der Waals surface area contributed by atoms with Crippen molar-refractivity contribution in [2.75, 3.05) is 13.2 Å². The van der Waals surface area contributed by atoms with E-state index in [-0.39, 0.29) is 60.6 Å². The second-order valence-electron chi connectivity index (χ2n) is 14.0. The van der Waals surface area contributed by atoms with E-state index in [1.54, 1.807) is 19.9 Å². The summed E-state index contributed by atoms with van der Waals surface area (Å²) in [6.07, 6.45) is 4.01. The van der Waals surface area contributed by atoms with E-state index in [4.69, 9.17) is 9.84 Å². The summed E-state index contributed by atoms with van der Waals surface area (Å²) in [6, 6.07) is -0.995. The van der Waals surface area contributed by atoms with Gasteiger partial charge in [-0.3, -0.25) is 28.8 Å². The first-order chi connectivity index (χ1) is 20.5. The number of aliphatic hydroxyl groups excluding tert-OH is 1. The van der Waals surface area contributed by atoms with Crippen molar-refractivity contribution in [3.63, 3.8) is 0 Å². The molecule has 12 heteroatoms. The number of amides is 2. The summed E-state index contributed by atoms with van der Waals surface area (Å²) in [5, 5.41) is 36.8. The van der Waals surface area contributed by atoms with Gasteiger partial charge in [0.1, 0.15) is 18.2 Å². The maximum absolute atomic E-state index is 13.4. The number of fused-ring (bicyclic) bond motifs is 5. The lowest BCUT2D eigenvalue weighted by molar-refractivity contribution is -0.184. The molecule has 0 radical (unpaired) electrons. The van der Waals surface area contributed by atoms with Gasteiger partial charge in [0.25, 0.3) is 0 Å². The van der Waals surface area contributed by atoms with Crippen LogP contribution < -0.4 is 10.6 Å². The van der Waals surface area contributed by atoms with E-state index >= 15 is 0 Å². The second kappa shape index (κ2) is 12.7. The number of allylic oxidation sites excluding steroid dienone is 1. The van der Waals surface area contributed by atoms with Crippen molar-refractivity contribution in [3.05, 3.63) is 11.6 Å². The topological polar surface area (TPSA) is 196 Å². The van der Waals surface area contributed by atoms with Crippen LogP contribution in [0, 0.1) is 34.5 Å². The van der Waals surface area contributed by atoms with Gasteiger partial charge in [-0.1, -0.05) is 33.3 Å². The smallest absolute Gasteiger partial charge is 0.322 e. The number of aliphatic hydroxyl groups is 2. The Balaban J connectivity index is 1.33. The van der Waals surface area contributed by atoms with E-state index in [0.717, 1.165) is 18.4 Å². The van der Waals surface area contributed by atoms with Crippen LogP contribution in [0.5, 0.6) is 0 Å². The third kappa shape index (κ3) is 6.20. The number of carbonyl (C=O) groups excluding carboxylic acids is 5. The highest BCUT2D eigenvalue weighted by Gasteiger charge is 2.68. The van der Waals surface area contributed by atoms with Gasteiger partial charge in [-0.05, 0) is 73.7 Å². The van der Waals surface area contributed by atoms with Crippen molar-refractivity contribution in [3.8, 4) is 0 Å². The molecule has 4 aliphatic carbocycles. The van der Waals surface area contributed by atoms with Crippen molar-refractivity contribution in [2.45, 2.75) is 103 Å². The maximum atomic E-state index is 13.4. The lowest BCUT2D eigenvalue weighted by atomic mass is 9.45.